The average molecular weight is 283 g/mol. The van der Waals surface area contributed by atoms with Crippen molar-refractivity contribution in [3.05, 3.63) is 33.9 Å². The Balaban J connectivity index is 3.02. The van der Waals surface area contributed by atoms with Gasteiger partial charge in [0.15, 0.2) is 12.2 Å². The maximum absolute atomic E-state index is 11.9. The fourth-order valence-corrected chi connectivity index (χ4v) is 1.40. The first-order valence-electron chi connectivity index (χ1n) is 5.58. The number of nitrogens with two attached hydrogens (primary N) is 1. The molecule has 1 aromatic carbocycles. The fourth-order valence-electron chi connectivity index (χ4n) is 1.40. The van der Waals surface area contributed by atoms with Gasteiger partial charge in [0.2, 0.25) is 5.91 Å². The molecule has 0 aliphatic heterocycles. The van der Waals surface area contributed by atoms with E-state index in [4.69, 9.17) is 10.5 Å². The lowest BCUT2D eigenvalue weighted by Crippen LogP contribution is -2.30. The van der Waals surface area contributed by atoms with Gasteiger partial charge >= 0.3 is 0 Å². The first-order chi connectivity index (χ1) is 9.47. The van der Waals surface area contributed by atoms with E-state index in [1.165, 1.54) is 12.1 Å². The Morgan fingerprint density at radius 2 is 2.15 bits per heavy atom. The van der Waals surface area contributed by atoms with Crippen LogP contribution >= 0.6 is 0 Å². The Bertz CT molecular complexity index is 531. The summed E-state index contributed by atoms with van der Waals surface area (Å²) in [7, 11) is 0. The minimum atomic E-state index is -0.901. The first-order valence-corrected chi connectivity index (χ1v) is 5.58. The number of carbonyl (C=O) groups is 2. The Labute approximate surface area is 113 Å². The van der Waals surface area contributed by atoms with Crippen LogP contribution in [0.4, 0.5) is 5.69 Å². The van der Waals surface area contributed by atoms with Gasteiger partial charge in [0, 0.05) is 6.07 Å². The van der Waals surface area contributed by atoms with Crippen LogP contribution in [0.2, 0.25) is 0 Å². The van der Waals surface area contributed by atoms with Crippen molar-refractivity contribution < 1.29 is 24.1 Å². The van der Waals surface area contributed by atoms with Gasteiger partial charge in [-0.05, 0) is 13.0 Å². The molecule has 0 saturated carbocycles. The first kappa shape index (κ1) is 15.4. The van der Waals surface area contributed by atoms with Gasteiger partial charge in [-0.15, -0.1) is 0 Å². The third-order valence-corrected chi connectivity index (χ3v) is 2.11. The molecule has 20 heavy (non-hydrogen) atoms. The molecule has 0 bridgehead atoms. The average Bonchev–Trinajstić information content (AvgIpc) is 2.38. The van der Waals surface area contributed by atoms with Gasteiger partial charge in [-0.3, -0.25) is 24.5 Å². The summed E-state index contributed by atoms with van der Waals surface area (Å²) in [5.41, 5.74) is 6.00. The van der Waals surface area contributed by atoms with E-state index < -0.39 is 29.0 Å². The summed E-state index contributed by atoms with van der Waals surface area (Å²) in [6.45, 7) is 1.35. The fraction of sp³-hybridized carbons (Fsp3) is 0.273. The van der Waals surface area contributed by atoms with Crippen molar-refractivity contribution >= 4 is 17.5 Å². The Kier molecular flexibility index (Phi) is 5.42. The molecule has 3 N–H and O–H groups in total. The normalized spacial score (nSPS) is 9.85. The molecule has 0 aliphatic carbocycles. The van der Waals surface area contributed by atoms with Gasteiger partial charge in [0.1, 0.15) is 5.75 Å². The van der Waals surface area contributed by atoms with E-state index >= 15 is 0 Å². The minimum absolute atomic E-state index is 0.0434. The highest BCUT2D eigenvalue weighted by molar-refractivity contribution is 6.00. The van der Waals surface area contributed by atoms with Crippen molar-refractivity contribution in [2.45, 2.75) is 6.92 Å². The third-order valence-electron chi connectivity index (χ3n) is 2.11. The number of amides is 2. The summed E-state index contributed by atoms with van der Waals surface area (Å²) in [6.07, 6.45) is 0. The molecule has 0 atom stereocenters. The summed E-state index contributed by atoms with van der Waals surface area (Å²) in [6, 6.07) is 3.97. The van der Waals surface area contributed by atoms with Crippen molar-refractivity contribution in [3.8, 4) is 5.75 Å². The summed E-state index contributed by atoms with van der Waals surface area (Å²) in [4.78, 5) is 37.1. The van der Waals surface area contributed by atoms with Gasteiger partial charge in [-0.25, -0.2) is 5.48 Å². The highest BCUT2D eigenvalue weighted by Crippen LogP contribution is 2.28. The zero-order valence-electron chi connectivity index (χ0n) is 10.6. The molecule has 108 valence electrons. The van der Waals surface area contributed by atoms with Crippen molar-refractivity contribution in [2.75, 3.05) is 13.2 Å². The molecule has 0 heterocycles. The molecule has 0 unspecified atom stereocenters. The summed E-state index contributed by atoms with van der Waals surface area (Å²) in [5.74, 6) is -1.65. The number of rotatable bonds is 7. The van der Waals surface area contributed by atoms with Crippen molar-refractivity contribution in [2.24, 2.45) is 5.73 Å². The molecule has 0 spiro atoms. The second-order valence-corrected chi connectivity index (χ2v) is 3.53. The minimum Gasteiger partial charge on any atom is -0.493 e. The molecule has 9 nitrogen and oxygen atoms in total. The van der Waals surface area contributed by atoms with Gasteiger partial charge in [0.05, 0.1) is 11.5 Å². The van der Waals surface area contributed by atoms with Crippen LogP contribution in [0, 0.1) is 10.1 Å². The van der Waals surface area contributed by atoms with Crippen LogP contribution in [0.1, 0.15) is 17.3 Å². The molecule has 2 amide bonds. The van der Waals surface area contributed by atoms with Crippen molar-refractivity contribution in [1.82, 2.24) is 5.48 Å². The van der Waals surface area contributed by atoms with E-state index in [0.29, 0.717) is 0 Å². The highest BCUT2D eigenvalue weighted by Gasteiger charge is 2.25. The van der Waals surface area contributed by atoms with E-state index in [-0.39, 0.29) is 17.9 Å². The van der Waals surface area contributed by atoms with Crippen LogP contribution in [0.3, 0.4) is 0 Å². The standard InChI is InChI=1S/C11H13N3O6/c1-2-19-8-5-3-4-7(14(17)18)10(8)11(16)13-20-6-9(12)15/h3-5H,2,6H2,1H3,(H2,12,15)(H,13,16). The smallest absolute Gasteiger partial charge is 0.286 e. The van der Waals surface area contributed by atoms with Crippen molar-refractivity contribution in [1.29, 1.82) is 0 Å². The van der Waals surface area contributed by atoms with E-state index in [1.54, 1.807) is 6.92 Å². The summed E-state index contributed by atoms with van der Waals surface area (Å²) >= 11 is 0. The summed E-state index contributed by atoms with van der Waals surface area (Å²) in [5, 5.41) is 10.9. The number of nitro benzene ring substituents is 1. The molecule has 0 fully saturated rings. The van der Waals surface area contributed by atoms with E-state index in [1.807, 2.05) is 5.48 Å². The quantitative estimate of drug-likeness (QED) is 0.540. The molecular formula is C11H13N3O6. The second-order valence-electron chi connectivity index (χ2n) is 3.53. The zero-order valence-corrected chi connectivity index (χ0v) is 10.6. The van der Waals surface area contributed by atoms with E-state index in [2.05, 4.69) is 4.84 Å². The molecule has 9 heteroatoms. The number of ether oxygens (including phenoxy) is 1. The van der Waals surface area contributed by atoms with E-state index in [0.717, 1.165) is 6.07 Å². The number of primary amides is 1. The van der Waals surface area contributed by atoms with Crippen LogP contribution in [-0.2, 0) is 9.63 Å². The maximum atomic E-state index is 11.9. The van der Waals surface area contributed by atoms with Crippen LogP contribution < -0.4 is 16.0 Å². The molecule has 0 saturated heterocycles. The largest absolute Gasteiger partial charge is 0.493 e. The lowest BCUT2D eigenvalue weighted by atomic mass is 10.1. The molecule has 0 aliphatic rings. The molecular weight excluding hydrogens is 270 g/mol. The SMILES string of the molecule is CCOc1cccc([N+](=O)[O-])c1C(=O)NOCC(N)=O. The highest BCUT2D eigenvalue weighted by atomic mass is 16.7. The van der Waals surface area contributed by atoms with Crippen LogP contribution in [0.15, 0.2) is 18.2 Å². The van der Waals surface area contributed by atoms with Gasteiger partial charge in [0.25, 0.3) is 11.6 Å². The Morgan fingerprint density at radius 3 is 2.70 bits per heavy atom. The lowest BCUT2D eigenvalue weighted by molar-refractivity contribution is -0.385. The molecule has 1 aromatic rings. The van der Waals surface area contributed by atoms with Crippen LogP contribution in [0.5, 0.6) is 5.75 Å². The lowest BCUT2D eigenvalue weighted by Gasteiger charge is -2.10. The number of benzene rings is 1. The monoisotopic (exact) mass is 283 g/mol. The van der Waals surface area contributed by atoms with Crippen LogP contribution in [-0.4, -0.2) is 30.0 Å². The topological polar surface area (TPSA) is 134 Å². The number of nitrogens with zero attached hydrogens (tertiary/aromatic N) is 1. The third kappa shape index (κ3) is 3.92. The predicted molar refractivity (Wildman–Crippen MR) is 66.9 cm³/mol. The second kappa shape index (κ2) is 7.04. The zero-order chi connectivity index (χ0) is 15.1. The number of hydrogen-bond acceptors (Lipinski definition) is 6. The van der Waals surface area contributed by atoms with Gasteiger partial charge in [-0.2, -0.15) is 0 Å². The Morgan fingerprint density at radius 1 is 1.45 bits per heavy atom. The molecule has 0 radical (unpaired) electrons. The van der Waals surface area contributed by atoms with Crippen LogP contribution in [0.25, 0.3) is 0 Å². The molecule has 0 aromatic heterocycles. The molecule has 1 rings (SSSR count). The van der Waals surface area contributed by atoms with Crippen molar-refractivity contribution in [3.63, 3.8) is 0 Å². The predicted octanol–water partition coefficient (Wildman–Crippen LogP) is 0.140. The summed E-state index contributed by atoms with van der Waals surface area (Å²) < 4.78 is 5.16. The van der Waals surface area contributed by atoms with Gasteiger partial charge < -0.3 is 10.5 Å². The van der Waals surface area contributed by atoms with E-state index in [9.17, 15) is 19.7 Å². The number of hydroxylamine groups is 1. The number of carbonyl (C=O) groups excluding carboxylic acids is 2. The Hall–Kier alpha value is -2.68. The number of nitro groups is 1. The van der Waals surface area contributed by atoms with Gasteiger partial charge in [-0.1, -0.05) is 6.07 Å². The number of nitrogens with one attached hydrogen (secondary N) is 1. The maximum Gasteiger partial charge on any atom is 0.286 e. The number of hydrogen-bond donors (Lipinski definition) is 2.